The van der Waals surface area contributed by atoms with Gasteiger partial charge in [-0.15, -0.1) is 0 Å². The van der Waals surface area contributed by atoms with Crippen molar-refractivity contribution in [3.8, 4) is 22.3 Å². The number of halogens is 2. The van der Waals surface area contributed by atoms with E-state index in [2.05, 4.69) is 94.8 Å². The van der Waals surface area contributed by atoms with Gasteiger partial charge in [0.05, 0.1) is 5.41 Å². The van der Waals surface area contributed by atoms with Crippen molar-refractivity contribution in [2.24, 2.45) is 0 Å². The third kappa shape index (κ3) is 1.84. The fourth-order valence-corrected chi connectivity index (χ4v) is 5.63. The van der Waals surface area contributed by atoms with Crippen LogP contribution in [-0.2, 0) is 5.41 Å². The first-order chi connectivity index (χ1) is 13.2. The van der Waals surface area contributed by atoms with E-state index in [1.54, 1.807) is 0 Å². The van der Waals surface area contributed by atoms with Crippen LogP contribution >= 0.6 is 27.5 Å². The summed E-state index contributed by atoms with van der Waals surface area (Å²) in [5, 5.41) is 0.774. The summed E-state index contributed by atoms with van der Waals surface area (Å²) in [6.45, 7) is 0. The van der Waals surface area contributed by atoms with E-state index >= 15 is 0 Å². The van der Waals surface area contributed by atoms with Crippen LogP contribution in [0.2, 0.25) is 5.02 Å². The normalized spacial score (nSPS) is 14.6. The number of hydrogen-bond acceptors (Lipinski definition) is 0. The lowest BCUT2D eigenvalue weighted by atomic mass is 9.70. The SMILES string of the molecule is Clc1ccc2c(c1)-c1cc(Br)ccc1C21c2ccccc2-c2ccccc21. The molecule has 0 nitrogen and oxygen atoms in total. The summed E-state index contributed by atoms with van der Waals surface area (Å²) in [4.78, 5) is 0. The molecule has 0 aromatic heterocycles. The van der Waals surface area contributed by atoms with E-state index in [1.165, 1.54) is 44.5 Å². The Kier molecular flexibility index (Phi) is 3.10. The number of rotatable bonds is 0. The van der Waals surface area contributed by atoms with Crippen molar-refractivity contribution < 1.29 is 0 Å². The maximum absolute atomic E-state index is 6.41. The topological polar surface area (TPSA) is 0 Å². The minimum atomic E-state index is -0.275. The van der Waals surface area contributed by atoms with E-state index in [4.69, 9.17) is 11.6 Å². The Bertz CT molecular complexity index is 1160. The van der Waals surface area contributed by atoms with Crippen molar-refractivity contribution >= 4 is 27.5 Å². The van der Waals surface area contributed by atoms with Crippen molar-refractivity contribution in [2.75, 3.05) is 0 Å². The maximum atomic E-state index is 6.41. The molecule has 0 amide bonds. The van der Waals surface area contributed by atoms with Crippen LogP contribution in [0.5, 0.6) is 0 Å². The minimum absolute atomic E-state index is 0.275. The molecule has 2 aliphatic rings. The largest absolute Gasteiger partial charge is 0.0843 e. The van der Waals surface area contributed by atoms with Gasteiger partial charge in [0.2, 0.25) is 0 Å². The molecule has 0 radical (unpaired) electrons. The standard InChI is InChI=1S/C25H14BrCl/c26-15-9-11-23-19(13-15)20-14-16(27)10-12-24(20)25(23)21-7-3-1-5-17(21)18-6-2-4-8-22(18)25/h1-14H. The molecule has 2 heteroatoms. The van der Waals surface area contributed by atoms with Gasteiger partial charge < -0.3 is 0 Å². The highest BCUT2D eigenvalue weighted by Gasteiger charge is 2.51. The van der Waals surface area contributed by atoms with Crippen molar-refractivity contribution in [1.82, 2.24) is 0 Å². The molecule has 27 heavy (non-hydrogen) atoms. The van der Waals surface area contributed by atoms with E-state index in [9.17, 15) is 0 Å². The molecule has 128 valence electrons. The first-order valence-electron chi connectivity index (χ1n) is 9.01. The molecule has 0 atom stereocenters. The van der Waals surface area contributed by atoms with Crippen LogP contribution in [0.25, 0.3) is 22.3 Å². The van der Waals surface area contributed by atoms with Crippen molar-refractivity contribution in [3.63, 3.8) is 0 Å². The predicted octanol–water partition coefficient (Wildman–Crippen LogP) is 7.45. The molecule has 1 spiro atoms. The fourth-order valence-electron chi connectivity index (χ4n) is 5.09. The van der Waals surface area contributed by atoms with Crippen molar-refractivity contribution in [3.05, 3.63) is 117 Å². The van der Waals surface area contributed by atoms with Gasteiger partial charge in [-0.2, -0.15) is 0 Å². The van der Waals surface area contributed by atoms with E-state index in [0.717, 1.165) is 9.50 Å². The molecule has 6 rings (SSSR count). The smallest absolute Gasteiger partial charge is 0.0725 e. The van der Waals surface area contributed by atoms with Gasteiger partial charge in [0.25, 0.3) is 0 Å². The first-order valence-corrected chi connectivity index (χ1v) is 10.2. The molecule has 0 fully saturated rings. The van der Waals surface area contributed by atoms with Crippen LogP contribution < -0.4 is 0 Å². The maximum Gasteiger partial charge on any atom is 0.0725 e. The highest BCUT2D eigenvalue weighted by atomic mass is 79.9. The Balaban J connectivity index is 1.86. The van der Waals surface area contributed by atoms with Crippen LogP contribution in [0.1, 0.15) is 22.3 Å². The Morgan fingerprint density at radius 2 is 1.07 bits per heavy atom. The summed E-state index contributed by atoms with van der Waals surface area (Å²) in [6, 6.07) is 30.6. The predicted molar refractivity (Wildman–Crippen MR) is 115 cm³/mol. The number of fused-ring (bicyclic) bond motifs is 10. The van der Waals surface area contributed by atoms with Crippen LogP contribution in [-0.4, -0.2) is 0 Å². The van der Waals surface area contributed by atoms with Crippen molar-refractivity contribution in [2.45, 2.75) is 5.41 Å². The van der Waals surface area contributed by atoms with Gasteiger partial charge in [0.1, 0.15) is 0 Å². The minimum Gasteiger partial charge on any atom is -0.0843 e. The summed E-state index contributed by atoms with van der Waals surface area (Å²) in [5.74, 6) is 0. The Labute approximate surface area is 171 Å². The Hall–Kier alpha value is -2.35. The molecule has 0 heterocycles. The van der Waals surface area contributed by atoms with E-state index in [1.807, 2.05) is 6.07 Å². The number of benzene rings is 4. The second-order valence-corrected chi connectivity index (χ2v) is 8.57. The van der Waals surface area contributed by atoms with Crippen LogP contribution in [0.3, 0.4) is 0 Å². The highest BCUT2D eigenvalue weighted by Crippen LogP contribution is 2.63. The van der Waals surface area contributed by atoms with Gasteiger partial charge in [-0.3, -0.25) is 0 Å². The monoisotopic (exact) mass is 428 g/mol. The highest BCUT2D eigenvalue weighted by molar-refractivity contribution is 9.10. The average Bonchev–Trinajstić information content (AvgIpc) is 3.14. The van der Waals surface area contributed by atoms with Crippen LogP contribution in [0.4, 0.5) is 0 Å². The Morgan fingerprint density at radius 1 is 0.556 bits per heavy atom. The molecule has 0 unspecified atom stereocenters. The van der Waals surface area contributed by atoms with Gasteiger partial charge >= 0.3 is 0 Å². The summed E-state index contributed by atoms with van der Waals surface area (Å²) >= 11 is 10.1. The third-order valence-electron chi connectivity index (χ3n) is 6.01. The average molecular weight is 430 g/mol. The summed E-state index contributed by atoms with van der Waals surface area (Å²) in [7, 11) is 0. The first kappa shape index (κ1) is 15.7. The number of hydrogen-bond donors (Lipinski definition) is 0. The quantitative estimate of drug-likeness (QED) is 0.235. The van der Waals surface area contributed by atoms with Gasteiger partial charge in [-0.1, -0.05) is 88.2 Å². The second kappa shape index (κ2) is 5.34. The molecule has 0 aliphatic heterocycles. The summed E-state index contributed by atoms with van der Waals surface area (Å²) in [5.41, 5.74) is 10.2. The van der Waals surface area contributed by atoms with Crippen molar-refractivity contribution in [1.29, 1.82) is 0 Å². The molecule has 0 bridgehead atoms. The Morgan fingerprint density at radius 3 is 1.74 bits per heavy atom. The lowest BCUT2D eigenvalue weighted by Crippen LogP contribution is -2.25. The molecule has 0 saturated heterocycles. The van der Waals surface area contributed by atoms with Crippen LogP contribution in [0.15, 0.2) is 89.4 Å². The second-order valence-electron chi connectivity index (χ2n) is 7.22. The molecule has 2 aliphatic carbocycles. The van der Waals surface area contributed by atoms with E-state index in [-0.39, 0.29) is 5.41 Å². The molecular formula is C25H14BrCl. The summed E-state index contributed by atoms with van der Waals surface area (Å²) in [6.07, 6.45) is 0. The molecule has 0 N–H and O–H groups in total. The molecular weight excluding hydrogens is 416 g/mol. The van der Waals surface area contributed by atoms with Gasteiger partial charge in [0.15, 0.2) is 0 Å². The summed E-state index contributed by atoms with van der Waals surface area (Å²) < 4.78 is 1.09. The van der Waals surface area contributed by atoms with E-state index < -0.39 is 0 Å². The zero-order valence-corrected chi connectivity index (χ0v) is 16.7. The van der Waals surface area contributed by atoms with Gasteiger partial charge in [0, 0.05) is 9.50 Å². The molecule has 0 saturated carbocycles. The molecule has 4 aromatic rings. The fraction of sp³-hybridized carbons (Fsp3) is 0.0400. The third-order valence-corrected chi connectivity index (χ3v) is 6.74. The van der Waals surface area contributed by atoms with Gasteiger partial charge in [-0.05, 0) is 68.8 Å². The van der Waals surface area contributed by atoms with Gasteiger partial charge in [-0.25, -0.2) is 0 Å². The zero-order chi connectivity index (χ0) is 18.2. The van der Waals surface area contributed by atoms with Crippen LogP contribution in [0, 0.1) is 0 Å². The lowest BCUT2D eigenvalue weighted by Gasteiger charge is -2.30. The molecule has 4 aromatic carbocycles. The van der Waals surface area contributed by atoms with E-state index in [0.29, 0.717) is 0 Å². The zero-order valence-electron chi connectivity index (χ0n) is 14.3. The lowest BCUT2D eigenvalue weighted by molar-refractivity contribution is 0.793.